The average Bonchev–Trinajstić information content (AvgIpc) is 3.07. The number of hydrogen-bond donors (Lipinski definition) is 0. The van der Waals surface area contributed by atoms with Crippen LogP contribution >= 0.6 is 0 Å². The summed E-state index contributed by atoms with van der Waals surface area (Å²) in [6, 6.07) is 21.3. The van der Waals surface area contributed by atoms with E-state index in [0.29, 0.717) is 0 Å². The zero-order chi connectivity index (χ0) is 17.9. The molecular weight excluding hydrogens is 324 g/mol. The summed E-state index contributed by atoms with van der Waals surface area (Å²) in [5.74, 6) is 0.762. The molecule has 2 aromatic carbocycles. The maximum atomic E-state index is 12.9. The van der Waals surface area contributed by atoms with Crippen LogP contribution in [0.3, 0.4) is 0 Å². The summed E-state index contributed by atoms with van der Waals surface area (Å²) in [5, 5.41) is 0. The molecule has 0 bridgehead atoms. The summed E-state index contributed by atoms with van der Waals surface area (Å²) in [4.78, 5) is 23.4. The maximum absolute atomic E-state index is 12.9. The molecule has 0 aliphatic carbocycles. The zero-order valence-corrected chi connectivity index (χ0v) is 14.4. The van der Waals surface area contributed by atoms with Gasteiger partial charge in [-0.05, 0) is 36.4 Å². The van der Waals surface area contributed by atoms with Gasteiger partial charge in [-0.2, -0.15) is 0 Å². The molecule has 4 aromatic rings. The van der Waals surface area contributed by atoms with Gasteiger partial charge in [-0.1, -0.05) is 30.3 Å². The number of carbonyl (C=O) groups excluding carboxylic acids is 1. The molecule has 5 heteroatoms. The maximum Gasteiger partial charge on any atom is 0.246 e. The van der Waals surface area contributed by atoms with Crippen LogP contribution < -0.4 is 4.90 Å². The van der Waals surface area contributed by atoms with E-state index in [4.69, 9.17) is 4.98 Å². The van der Waals surface area contributed by atoms with Gasteiger partial charge in [0.05, 0.1) is 11.0 Å². The van der Waals surface area contributed by atoms with Crippen LogP contribution in [0.5, 0.6) is 0 Å². The lowest BCUT2D eigenvalue weighted by molar-refractivity contribution is -0.118. The number of benzene rings is 2. The minimum Gasteiger partial charge on any atom is -0.314 e. The molecule has 0 unspecified atom stereocenters. The number of likely N-dealkylation sites (N-methyl/N-ethyl adjacent to an activating group) is 1. The van der Waals surface area contributed by atoms with Gasteiger partial charge in [0, 0.05) is 30.7 Å². The van der Waals surface area contributed by atoms with E-state index in [9.17, 15) is 4.79 Å². The number of nitrogens with zero attached hydrogens (tertiary/aromatic N) is 4. The normalized spacial score (nSPS) is 10.8. The highest BCUT2D eigenvalue weighted by Gasteiger charge is 2.17. The van der Waals surface area contributed by atoms with Crippen LogP contribution in [0.1, 0.15) is 0 Å². The summed E-state index contributed by atoms with van der Waals surface area (Å²) in [7, 11) is 1.79. The molecule has 0 fully saturated rings. The van der Waals surface area contributed by atoms with Crippen molar-refractivity contribution in [1.29, 1.82) is 0 Å². The van der Waals surface area contributed by atoms with Crippen molar-refractivity contribution in [3.05, 3.63) is 79.1 Å². The molecule has 0 spiro atoms. The Kier molecular flexibility index (Phi) is 4.19. The number of amides is 1. The Morgan fingerprint density at radius 3 is 2.42 bits per heavy atom. The third-order valence-electron chi connectivity index (χ3n) is 4.40. The quantitative estimate of drug-likeness (QED) is 0.567. The number of anilines is 1. The Bertz CT molecular complexity index is 1040. The number of carbonyl (C=O) groups is 1. The van der Waals surface area contributed by atoms with Gasteiger partial charge in [0.2, 0.25) is 5.91 Å². The summed E-state index contributed by atoms with van der Waals surface area (Å²) < 4.78 is 1.96. The number of imidazole rings is 1. The van der Waals surface area contributed by atoms with Crippen molar-refractivity contribution in [2.75, 3.05) is 11.9 Å². The first kappa shape index (κ1) is 16.0. The molecule has 0 radical (unpaired) electrons. The second-order valence-electron chi connectivity index (χ2n) is 6.03. The minimum absolute atomic E-state index is 0.00495. The average molecular weight is 342 g/mol. The molecule has 0 saturated carbocycles. The number of aromatic nitrogens is 3. The smallest absolute Gasteiger partial charge is 0.246 e. The third kappa shape index (κ3) is 2.95. The standard InChI is InChI=1S/C21H18N4O/c1-24(17-7-3-2-4-8-17)20(26)15-25-19-10-6-5-9-18(19)23-21(25)16-11-13-22-14-12-16/h2-14H,15H2,1H3. The van der Waals surface area contributed by atoms with E-state index in [-0.39, 0.29) is 12.5 Å². The third-order valence-corrected chi connectivity index (χ3v) is 4.40. The Hall–Kier alpha value is -3.47. The van der Waals surface area contributed by atoms with Crippen LogP contribution in [0.2, 0.25) is 0 Å². The van der Waals surface area contributed by atoms with E-state index >= 15 is 0 Å². The molecule has 0 N–H and O–H groups in total. The molecule has 0 saturated heterocycles. The van der Waals surface area contributed by atoms with Gasteiger partial charge in [-0.25, -0.2) is 4.98 Å². The number of hydrogen-bond acceptors (Lipinski definition) is 3. The summed E-state index contributed by atoms with van der Waals surface area (Å²) in [6.45, 7) is 0.212. The Morgan fingerprint density at radius 2 is 1.65 bits per heavy atom. The molecule has 4 rings (SSSR count). The first-order chi connectivity index (χ1) is 12.7. The topological polar surface area (TPSA) is 51.0 Å². The van der Waals surface area contributed by atoms with E-state index in [1.165, 1.54) is 0 Å². The summed E-state index contributed by atoms with van der Waals surface area (Å²) >= 11 is 0. The lowest BCUT2D eigenvalue weighted by atomic mass is 10.2. The second kappa shape index (κ2) is 6.80. The van der Waals surface area contributed by atoms with Gasteiger partial charge in [0.15, 0.2) is 0 Å². The fourth-order valence-corrected chi connectivity index (χ4v) is 2.99. The number of fused-ring (bicyclic) bond motifs is 1. The van der Waals surface area contributed by atoms with E-state index in [0.717, 1.165) is 28.1 Å². The minimum atomic E-state index is -0.00495. The lowest BCUT2D eigenvalue weighted by Gasteiger charge is -2.18. The van der Waals surface area contributed by atoms with Crippen LogP contribution in [0.25, 0.3) is 22.4 Å². The van der Waals surface area contributed by atoms with Gasteiger partial charge < -0.3 is 9.47 Å². The van der Waals surface area contributed by atoms with Gasteiger partial charge in [-0.3, -0.25) is 9.78 Å². The van der Waals surface area contributed by atoms with Crippen LogP contribution in [0.4, 0.5) is 5.69 Å². The molecule has 2 aromatic heterocycles. The molecule has 26 heavy (non-hydrogen) atoms. The van der Waals surface area contributed by atoms with Crippen molar-refractivity contribution in [1.82, 2.24) is 14.5 Å². The van der Waals surface area contributed by atoms with Crippen molar-refractivity contribution >= 4 is 22.6 Å². The molecular formula is C21H18N4O. The first-order valence-corrected chi connectivity index (χ1v) is 8.41. The SMILES string of the molecule is CN(C(=O)Cn1c(-c2ccncc2)nc2ccccc21)c1ccccc1. The molecule has 1 amide bonds. The molecule has 128 valence electrons. The fraction of sp³-hybridized carbons (Fsp3) is 0.0952. The molecule has 0 aliphatic heterocycles. The molecule has 0 aliphatic rings. The predicted molar refractivity (Wildman–Crippen MR) is 103 cm³/mol. The van der Waals surface area contributed by atoms with Crippen molar-refractivity contribution in [2.45, 2.75) is 6.54 Å². The predicted octanol–water partition coefficient (Wildman–Crippen LogP) is 3.76. The van der Waals surface area contributed by atoms with Crippen LogP contribution in [-0.4, -0.2) is 27.5 Å². The van der Waals surface area contributed by atoms with Crippen LogP contribution in [0.15, 0.2) is 79.1 Å². The Balaban J connectivity index is 1.75. The summed E-state index contributed by atoms with van der Waals surface area (Å²) in [5.41, 5.74) is 3.61. The highest BCUT2D eigenvalue weighted by Crippen LogP contribution is 2.25. The first-order valence-electron chi connectivity index (χ1n) is 8.41. The zero-order valence-electron chi connectivity index (χ0n) is 14.4. The van der Waals surface area contributed by atoms with Gasteiger partial charge in [0.25, 0.3) is 0 Å². The van der Waals surface area contributed by atoms with Crippen molar-refractivity contribution in [3.8, 4) is 11.4 Å². The highest BCUT2D eigenvalue weighted by molar-refractivity contribution is 5.94. The van der Waals surface area contributed by atoms with E-state index in [2.05, 4.69) is 4.98 Å². The lowest BCUT2D eigenvalue weighted by Crippen LogP contribution is -2.30. The number of rotatable bonds is 4. The van der Waals surface area contributed by atoms with Gasteiger partial charge in [0.1, 0.15) is 12.4 Å². The van der Waals surface area contributed by atoms with E-state index < -0.39 is 0 Å². The van der Waals surface area contributed by atoms with Crippen LogP contribution in [0, 0.1) is 0 Å². The highest BCUT2D eigenvalue weighted by atomic mass is 16.2. The Labute approximate surface area is 151 Å². The summed E-state index contributed by atoms with van der Waals surface area (Å²) in [6.07, 6.45) is 3.47. The second-order valence-corrected chi connectivity index (χ2v) is 6.03. The molecule has 5 nitrogen and oxygen atoms in total. The monoisotopic (exact) mass is 342 g/mol. The van der Waals surface area contributed by atoms with E-state index in [1.54, 1.807) is 24.3 Å². The van der Waals surface area contributed by atoms with E-state index in [1.807, 2.05) is 71.3 Å². The molecule has 2 heterocycles. The number of para-hydroxylation sites is 3. The molecule has 0 atom stereocenters. The largest absolute Gasteiger partial charge is 0.314 e. The Morgan fingerprint density at radius 1 is 0.962 bits per heavy atom. The van der Waals surface area contributed by atoms with Crippen molar-refractivity contribution in [3.63, 3.8) is 0 Å². The fourth-order valence-electron chi connectivity index (χ4n) is 2.99. The van der Waals surface area contributed by atoms with Crippen molar-refractivity contribution < 1.29 is 4.79 Å². The number of pyridine rings is 1. The van der Waals surface area contributed by atoms with Crippen molar-refractivity contribution in [2.24, 2.45) is 0 Å². The van der Waals surface area contributed by atoms with Gasteiger partial charge >= 0.3 is 0 Å². The van der Waals surface area contributed by atoms with Gasteiger partial charge in [-0.15, -0.1) is 0 Å². The van der Waals surface area contributed by atoms with Crippen LogP contribution in [-0.2, 0) is 11.3 Å².